The molecule has 0 aliphatic heterocycles. The zero-order valence-corrected chi connectivity index (χ0v) is 16.3. The van der Waals surface area contributed by atoms with Crippen molar-refractivity contribution in [2.45, 2.75) is 32.4 Å². The lowest BCUT2D eigenvalue weighted by Gasteiger charge is -2.22. The molecule has 0 bridgehead atoms. The van der Waals surface area contributed by atoms with Gasteiger partial charge in [-0.3, -0.25) is 4.79 Å². The Morgan fingerprint density at radius 3 is 2.57 bits per heavy atom. The largest absolute Gasteiger partial charge is 0.388 e. The van der Waals surface area contributed by atoms with Gasteiger partial charge in [0.05, 0.1) is 5.56 Å². The van der Waals surface area contributed by atoms with Crippen LogP contribution in [0.5, 0.6) is 0 Å². The smallest absolute Gasteiger partial charge is 0.252 e. The van der Waals surface area contributed by atoms with Gasteiger partial charge in [-0.15, -0.1) is 0 Å². The summed E-state index contributed by atoms with van der Waals surface area (Å²) in [7, 11) is 1.79. The number of aromatic nitrogens is 1. The second kappa shape index (κ2) is 9.18. The number of carbonyl (C=O) groups is 1. The number of benzene rings is 1. The van der Waals surface area contributed by atoms with Gasteiger partial charge in [-0.1, -0.05) is 25.6 Å². The predicted molar refractivity (Wildman–Crippen MR) is 113 cm³/mol. The van der Waals surface area contributed by atoms with E-state index in [1.807, 2.05) is 26.0 Å². The van der Waals surface area contributed by atoms with Crippen LogP contribution in [-0.4, -0.2) is 30.0 Å². The van der Waals surface area contributed by atoms with Gasteiger partial charge in [0, 0.05) is 36.1 Å². The molecule has 0 unspecified atom stereocenters. The Labute approximate surface area is 164 Å². The van der Waals surface area contributed by atoms with Crippen molar-refractivity contribution < 1.29 is 9.18 Å². The second-order valence-corrected chi connectivity index (χ2v) is 6.44. The summed E-state index contributed by atoms with van der Waals surface area (Å²) in [6, 6.07) is 6.21. The van der Waals surface area contributed by atoms with Crippen molar-refractivity contribution in [2.24, 2.45) is 11.5 Å². The highest BCUT2D eigenvalue weighted by molar-refractivity contribution is 5.99. The van der Waals surface area contributed by atoms with E-state index in [-0.39, 0.29) is 29.3 Å². The third-order valence-electron chi connectivity index (χ3n) is 4.47. The van der Waals surface area contributed by atoms with Gasteiger partial charge < -0.3 is 27.4 Å². The first-order valence-electron chi connectivity index (χ1n) is 9.05. The Hall–Kier alpha value is -3.13. The molecule has 2 rings (SSSR count). The number of nitrogens with zero attached hydrogens (tertiary/aromatic N) is 1. The first-order chi connectivity index (χ1) is 13.3. The molecule has 150 valence electrons. The normalized spacial score (nSPS) is 12.8. The molecule has 1 aromatic heterocycles. The fraction of sp³-hybridized carbons (Fsp3) is 0.300. The third-order valence-corrected chi connectivity index (χ3v) is 4.47. The van der Waals surface area contributed by atoms with Gasteiger partial charge in [0.25, 0.3) is 5.91 Å². The average molecular weight is 386 g/mol. The summed E-state index contributed by atoms with van der Waals surface area (Å²) < 4.78 is 14.5. The van der Waals surface area contributed by atoms with Gasteiger partial charge >= 0.3 is 0 Å². The number of nitrogens with one attached hydrogen (secondary N) is 3. The summed E-state index contributed by atoms with van der Waals surface area (Å²) in [4.78, 5) is 16.1. The molecule has 28 heavy (non-hydrogen) atoms. The molecule has 2 atom stereocenters. The molecule has 0 saturated heterocycles. The number of carbonyl (C=O) groups excluding carboxylic acids is 1. The number of hydrogen-bond donors (Lipinski definition) is 5. The monoisotopic (exact) mass is 386 g/mol. The predicted octanol–water partition coefficient (Wildman–Crippen LogP) is 3.29. The summed E-state index contributed by atoms with van der Waals surface area (Å²) >= 11 is 0. The summed E-state index contributed by atoms with van der Waals surface area (Å²) in [5.41, 5.74) is 13.6. The summed E-state index contributed by atoms with van der Waals surface area (Å²) in [5, 5.41) is 9.15. The minimum Gasteiger partial charge on any atom is -0.388 e. The molecule has 2 aromatic rings. The first kappa shape index (κ1) is 21.2. The van der Waals surface area contributed by atoms with Crippen molar-refractivity contribution >= 4 is 35.0 Å². The van der Waals surface area contributed by atoms with E-state index >= 15 is 0 Å². The number of primary amides is 1. The van der Waals surface area contributed by atoms with Crippen molar-refractivity contribution in [2.75, 3.05) is 23.0 Å². The van der Waals surface area contributed by atoms with Crippen LogP contribution in [0.4, 0.5) is 27.4 Å². The van der Waals surface area contributed by atoms with Crippen LogP contribution in [0.15, 0.2) is 30.8 Å². The molecule has 1 aromatic carbocycles. The minimum atomic E-state index is -0.787. The molecular weight excluding hydrogens is 359 g/mol. The Kier molecular flexibility index (Phi) is 6.94. The van der Waals surface area contributed by atoms with Gasteiger partial charge in [-0.05, 0) is 31.5 Å². The lowest BCUT2D eigenvalue weighted by molar-refractivity contribution is 0.100. The van der Waals surface area contributed by atoms with Gasteiger partial charge in [0.1, 0.15) is 5.82 Å². The fourth-order valence-corrected chi connectivity index (χ4v) is 2.89. The van der Waals surface area contributed by atoms with E-state index in [4.69, 9.17) is 11.5 Å². The van der Waals surface area contributed by atoms with Crippen LogP contribution in [0.25, 0.3) is 6.08 Å². The van der Waals surface area contributed by atoms with E-state index in [1.54, 1.807) is 19.2 Å². The van der Waals surface area contributed by atoms with E-state index < -0.39 is 11.7 Å². The Morgan fingerprint density at radius 1 is 1.36 bits per heavy atom. The zero-order valence-electron chi connectivity index (χ0n) is 16.3. The summed E-state index contributed by atoms with van der Waals surface area (Å²) in [5.74, 6) is -1.31. The molecule has 8 heteroatoms. The van der Waals surface area contributed by atoms with Gasteiger partial charge in [0.15, 0.2) is 11.6 Å². The second-order valence-electron chi connectivity index (χ2n) is 6.44. The van der Waals surface area contributed by atoms with Gasteiger partial charge in [-0.2, -0.15) is 0 Å². The number of nitrogens with two attached hydrogens (primary N) is 2. The van der Waals surface area contributed by atoms with E-state index in [1.165, 1.54) is 0 Å². The molecule has 7 N–H and O–H groups in total. The summed E-state index contributed by atoms with van der Waals surface area (Å²) in [6.07, 6.45) is 2.36. The SMILES string of the molecule is C=Cc1c(NC)cccc1Nc1nc(N[C@H](CC)[C@H](C)N)c(F)cc1C(N)=O. The van der Waals surface area contributed by atoms with Crippen LogP contribution >= 0.6 is 0 Å². The van der Waals surface area contributed by atoms with Crippen molar-refractivity contribution in [3.8, 4) is 0 Å². The lowest BCUT2D eigenvalue weighted by atomic mass is 10.1. The lowest BCUT2D eigenvalue weighted by Crippen LogP contribution is -2.38. The fourth-order valence-electron chi connectivity index (χ4n) is 2.89. The van der Waals surface area contributed by atoms with Crippen LogP contribution in [-0.2, 0) is 0 Å². The molecule has 0 aliphatic carbocycles. The van der Waals surface area contributed by atoms with E-state index in [2.05, 4.69) is 27.5 Å². The van der Waals surface area contributed by atoms with E-state index in [0.29, 0.717) is 12.1 Å². The molecule has 0 spiro atoms. The van der Waals surface area contributed by atoms with Gasteiger partial charge in [0.2, 0.25) is 0 Å². The van der Waals surface area contributed by atoms with Crippen LogP contribution < -0.4 is 27.4 Å². The van der Waals surface area contributed by atoms with E-state index in [9.17, 15) is 9.18 Å². The number of anilines is 4. The van der Waals surface area contributed by atoms with Crippen molar-refractivity contribution in [1.82, 2.24) is 4.98 Å². The highest BCUT2D eigenvalue weighted by Crippen LogP contribution is 2.30. The maximum absolute atomic E-state index is 14.5. The van der Waals surface area contributed by atoms with Crippen LogP contribution in [0.1, 0.15) is 36.2 Å². The molecule has 7 nitrogen and oxygen atoms in total. The zero-order chi connectivity index (χ0) is 20.8. The topological polar surface area (TPSA) is 118 Å². The van der Waals surface area contributed by atoms with Crippen molar-refractivity contribution in [3.63, 3.8) is 0 Å². The Bertz CT molecular complexity index is 868. The minimum absolute atomic E-state index is 0.00146. The Balaban J connectivity index is 2.52. The molecular formula is C20H27FN6O. The highest BCUT2D eigenvalue weighted by atomic mass is 19.1. The van der Waals surface area contributed by atoms with Crippen LogP contribution in [0.2, 0.25) is 0 Å². The summed E-state index contributed by atoms with van der Waals surface area (Å²) in [6.45, 7) is 7.59. The number of amides is 1. The maximum atomic E-state index is 14.5. The average Bonchev–Trinajstić information content (AvgIpc) is 2.67. The highest BCUT2D eigenvalue weighted by Gasteiger charge is 2.20. The quantitative estimate of drug-likeness (QED) is 0.451. The molecule has 0 fully saturated rings. The molecule has 1 amide bonds. The maximum Gasteiger partial charge on any atom is 0.252 e. The van der Waals surface area contributed by atoms with Gasteiger partial charge in [-0.25, -0.2) is 9.37 Å². The number of halogens is 1. The van der Waals surface area contributed by atoms with E-state index in [0.717, 1.165) is 17.3 Å². The third kappa shape index (κ3) is 4.58. The first-order valence-corrected chi connectivity index (χ1v) is 9.05. The number of pyridine rings is 1. The number of rotatable bonds is 9. The van der Waals surface area contributed by atoms with Crippen molar-refractivity contribution in [1.29, 1.82) is 0 Å². The molecule has 0 radical (unpaired) electrons. The van der Waals surface area contributed by atoms with Crippen LogP contribution in [0.3, 0.4) is 0 Å². The number of hydrogen-bond acceptors (Lipinski definition) is 6. The molecule has 0 aliphatic rings. The standard InChI is InChI=1S/C20H27FN6O/c1-5-12-16(24-4)8-7-9-17(12)26-19-13(18(23)28)10-14(21)20(27-19)25-15(6-2)11(3)22/h5,7-11,15,24H,1,6,22H2,2-4H3,(H2,23,28)(H2,25,26,27)/t11-,15+/m0/s1. The van der Waals surface area contributed by atoms with Crippen LogP contribution in [0, 0.1) is 5.82 Å². The molecule has 0 saturated carbocycles. The van der Waals surface area contributed by atoms with Crippen molar-refractivity contribution in [3.05, 3.63) is 47.8 Å². The molecule has 1 heterocycles. The Morgan fingerprint density at radius 2 is 2.04 bits per heavy atom.